The molecule has 6 aromatic rings. The molecule has 0 unspecified atom stereocenters. The van der Waals surface area contributed by atoms with Gasteiger partial charge in [0.1, 0.15) is 11.8 Å². The van der Waals surface area contributed by atoms with E-state index in [0.29, 0.717) is 5.82 Å². The summed E-state index contributed by atoms with van der Waals surface area (Å²) >= 11 is 0. The highest BCUT2D eigenvalue weighted by molar-refractivity contribution is 5.94. The van der Waals surface area contributed by atoms with E-state index < -0.39 is 0 Å². The molecule has 0 saturated carbocycles. The van der Waals surface area contributed by atoms with Crippen molar-refractivity contribution in [3.8, 4) is 22.4 Å². The number of aromatic nitrogens is 5. The summed E-state index contributed by atoms with van der Waals surface area (Å²) in [5.41, 5.74) is 14.8. The lowest BCUT2D eigenvalue weighted by Crippen LogP contribution is -2.45. The third kappa shape index (κ3) is 5.08. The summed E-state index contributed by atoms with van der Waals surface area (Å²) in [6.07, 6.45) is 3.62. The first kappa shape index (κ1) is 25.4. The first-order chi connectivity index (χ1) is 20.1. The Labute approximate surface area is 239 Å². The Morgan fingerprint density at radius 2 is 1.51 bits per heavy atom. The number of hydrogen-bond acceptors (Lipinski definition) is 6. The van der Waals surface area contributed by atoms with E-state index >= 15 is 0 Å². The summed E-state index contributed by atoms with van der Waals surface area (Å²) in [5, 5.41) is 10.6. The van der Waals surface area contributed by atoms with Crippen LogP contribution >= 0.6 is 0 Å². The maximum Gasteiger partial charge on any atom is 0.152 e. The lowest BCUT2D eigenvalue weighted by Gasteiger charge is -2.34. The highest BCUT2D eigenvalue weighted by Gasteiger charge is 2.18. The lowest BCUT2D eigenvalue weighted by atomic mass is 10.0. The van der Waals surface area contributed by atoms with Crippen molar-refractivity contribution in [2.75, 3.05) is 38.5 Å². The van der Waals surface area contributed by atoms with Crippen molar-refractivity contribution in [1.82, 2.24) is 34.2 Å². The summed E-state index contributed by atoms with van der Waals surface area (Å²) < 4.78 is 3.91. The van der Waals surface area contributed by atoms with Crippen LogP contribution in [-0.2, 0) is 13.1 Å². The minimum absolute atomic E-state index is 0.457. The van der Waals surface area contributed by atoms with E-state index in [0.717, 1.165) is 84.6 Å². The first-order valence-corrected chi connectivity index (χ1v) is 14.3. The van der Waals surface area contributed by atoms with Crippen LogP contribution in [0.25, 0.3) is 38.8 Å². The Hall–Kier alpha value is -4.53. The molecule has 4 heterocycles. The molecule has 3 aromatic carbocycles. The number of anilines is 1. The van der Waals surface area contributed by atoms with Gasteiger partial charge < -0.3 is 10.6 Å². The van der Waals surface area contributed by atoms with E-state index in [4.69, 9.17) is 10.8 Å². The van der Waals surface area contributed by atoms with Gasteiger partial charge in [-0.15, -0.1) is 0 Å². The van der Waals surface area contributed by atoms with Crippen LogP contribution in [0.15, 0.2) is 91.4 Å². The van der Waals surface area contributed by atoms with Crippen LogP contribution in [0, 0.1) is 0 Å². The number of nitrogens with zero attached hydrogens (tertiary/aromatic N) is 7. The molecule has 0 atom stereocenters. The summed E-state index contributed by atoms with van der Waals surface area (Å²) in [4.78, 5) is 9.37. The predicted octanol–water partition coefficient (Wildman–Crippen LogP) is 5.18. The number of fused-ring (bicyclic) bond motifs is 2. The molecule has 0 amide bonds. The van der Waals surface area contributed by atoms with Gasteiger partial charge in [-0.05, 0) is 35.4 Å². The van der Waals surface area contributed by atoms with Crippen LogP contribution in [0.1, 0.15) is 18.1 Å². The zero-order valence-corrected chi connectivity index (χ0v) is 23.3. The standard InChI is InChI=1S/C33H34N8/c1-2-38-14-16-39(17-15-38)20-25-8-10-26(11-9-25)31-19-29(32-33(34)35-23-36-41(31)32)27-12-13-28-22-40(37-30(28)18-27)21-24-6-4-3-5-7-24/h3-13,18-19,22-23H,2,14-17,20-21H2,1H3,(H2,34,35,36). The predicted molar refractivity (Wildman–Crippen MR) is 164 cm³/mol. The van der Waals surface area contributed by atoms with Crippen LogP contribution in [-0.4, -0.2) is 66.9 Å². The van der Waals surface area contributed by atoms with Gasteiger partial charge in [0, 0.05) is 55.4 Å². The maximum absolute atomic E-state index is 6.44. The molecule has 8 heteroatoms. The number of nitrogen functional groups attached to an aromatic ring is 1. The van der Waals surface area contributed by atoms with Crippen LogP contribution in [0.2, 0.25) is 0 Å². The topological polar surface area (TPSA) is 80.5 Å². The molecule has 0 radical (unpaired) electrons. The quantitative estimate of drug-likeness (QED) is 0.299. The SMILES string of the molecule is CCN1CCN(Cc2ccc(-c3cc(-c4ccc5cn(Cc6ccccc6)nc5c4)c4c(N)ncnn34)cc2)CC1. The number of benzene rings is 3. The van der Waals surface area contributed by atoms with Crippen molar-refractivity contribution in [3.05, 3.63) is 103 Å². The Bertz CT molecular complexity index is 1790. The average Bonchev–Trinajstić information content (AvgIpc) is 3.60. The van der Waals surface area contributed by atoms with Crippen molar-refractivity contribution in [2.45, 2.75) is 20.0 Å². The molecule has 3 aromatic heterocycles. The van der Waals surface area contributed by atoms with Gasteiger partial charge in [0.15, 0.2) is 5.82 Å². The molecule has 2 N–H and O–H groups in total. The Morgan fingerprint density at radius 3 is 2.29 bits per heavy atom. The third-order valence-electron chi connectivity index (χ3n) is 8.20. The fourth-order valence-corrected chi connectivity index (χ4v) is 5.88. The molecular weight excluding hydrogens is 508 g/mol. The van der Waals surface area contributed by atoms with Crippen molar-refractivity contribution in [1.29, 1.82) is 0 Å². The zero-order chi connectivity index (χ0) is 27.8. The minimum atomic E-state index is 0.457. The number of piperazine rings is 1. The van der Waals surface area contributed by atoms with Gasteiger partial charge in [0.25, 0.3) is 0 Å². The molecule has 7 rings (SSSR count). The minimum Gasteiger partial charge on any atom is -0.382 e. The number of likely N-dealkylation sites (N-methyl/N-ethyl adjacent to an activating group) is 1. The van der Waals surface area contributed by atoms with Gasteiger partial charge in [0.2, 0.25) is 0 Å². The smallest absolute Gasteiger partial charge is 0.152 e. The molecule has 0 bridgehead atoms. The second kappa shape index (κ2) is 10.8. The molecule has 1 aliphatic rings. The lowest BCUT2D eigenvalue weighted by molar-refractivity contribution is 0.132. The number of hydrogen-bond donors (Lipinski definition) is 1. The fraction of sp³-hybridized carbons (Fsp3) is 0.242. The van der Waals surface area contributed by atoms with Gasteiger partial charge in [0.05, 0.1) is 17.8 Å². The molecule has 0 spiro atoms. The Balaban J connectivity index is 1.19. The van der Waals surface area contributed by atoms with E-state index in [1.807, 2.05) is 15.3 Å². The average molecular weight is 543 g/mol. The third-order valence-corrected chi connectivity index (χ3v) is 8.20. The van der Waals surface area contributed by atoms with Crippen molar-refractivity contribution in [2.24, 2.45) is 0 Å². The van der Waals surface area contributed by atoms with Crippen molar-refractivity contribution < 1.29 is 0 Å². The van der Waals surface area contributed by atoms with Gasteiger partial charge in [-0.1, -0.05) is 73.7 Å². The van der Waals surface area contributed by atoms with Crippen molar-refractivity contribution in [3.63, 3.8) is 0 Å². The van der Waals surface area contributed by atoms with Crippen LogP contribution in [0.4, 0.5) is 5.82 Å². The van der Waals surface area contributed by atoms with Gasteiger partial charge in [-0.2, -0.15) is 10.2 Å². The Morgan fingerprint density at radius 1 is 0.780 bits per heavy atom. The number of nitrogens with two attached hydrogens (primary N) is 1. The molecule has 1 saturated heterocycles. The largest absolute Gasteiger partial charge is 0.382 e. The fourth-order valence-electron chi connectivity index (χ4n) is 5.88. The molecule has 8 nitrogen and oxygen atoms in total. The summed E-state index contributed by atoms with van der Waals surface area (Å²) in [5.74, 6) is 0.457. The van der Waals surface area contributed by atoms with Crippen LogP contribution in [0.3, 0.4) is 0 Å². The summed E-state index contributed by atoms with van der Waals surface area (Å²) in [7, 11) is 0. The molecular formula is C33H34N8. The van der Waals surface area contributed by atoms with E-state index in [2.05, 4.69) is 106 Å². The second-order valence-electron chi connectivity index (χ2n) is 10.8. The van der Waals surface area contributed by atoms with Gasteiger partial charge >= 0.3 is 0 Å². The zero-order valence-electron chi connectivity index (χ0n) is 23.3. The molecule has 1 fully saturated rings. The van der Waals surface area contributed by atoms with Crippen LogP contribution < -0.4 is 5.73 Å². The monoisotopic (exact) mass is 542 g/mol. The van der Waals surface area contributed by atoms with Crippen LogP contribution in [0.5, 0.6) is 0 Å². The molecule has 206 valence electrons. The van der Waals surface area contributed by atoms with Gasteiger partial charge in [-0.25, -0.2) is 9.50 Å². The second-order valence-corrected chi connectivity index (χ2v) is 10.8. The normalized spacial score (nSPS) is 14.8. The molecule has 0 aliphatic carbocycles. The first-order valence-electron chi connectivity index (χ1n) is 14.3. The highest BCUT2D eigenvalue weighted by Crippen LogP contribution is 2.36. The molecule has 41 heavy (non-hydrogen) atoms. The number of rotatable bonds is 7. The summed E-state index contributed by atoms with van der Waals surface area (Å²) in [6.45, 7) is 9.61. The van der Waals surface area contributed by atoms with Crippen molar-refractivity contribution >= 4 is 22.2 Å². The Kier molecular flexibility index (Phi) is 6.70. The highest BCUT2D eigenvalue weighted by atomic mass is 15.3. The molecule has 1 aliphatic heterocycles. The van der Waals surface area contributed by atoms with Gasteiger partial charge in [-0.3, -0.25) is 9.58 Å². The van der Waals surface area contributed by atoms with E-state index in [1.165, 1.54) is 17.5 Å². The van der Waals surface area contributed by atoms with E-state index in [-0.39, 0.29) is 0 Å². The summed E-state index contributed by atoms with van der Waals surface area (Å²) in [6, 6.07) is 27.8. The van der Waals surface area contributed by atoms with E-state index in [1.54, 1.807) is 0 Å². The van der Waals surface area contributed by atoms with E-state index in [9.17, 15) is 0 Å². The maximum atomic E-state index is 6.44.